The highest BCUT2D eigenvalue weighted by atomic mass is 35.5. The van der Waals surface area contributed by atoms with Gasteiger partial charge in [-0.15, -0.1) is 0 Å². The van der Waals surface area contributed by atoms with Crippen LogP contribution in [0.25, 0.3) is 11.0 Å². The number of pyridine rings is 1. The van der Waals surface area contributed by atoms with Gasteiger partial charge in [0.05, 0.1) is 11.0 Å². The molecule has 2 aromatic heterocycles. The predicted molar refractivity (Wildman–Crippen MR) is 103 cm³/mol. The standard InChI is InChI=1S/C21H21ClF3N3/c1-12(20-27-17-7-6-16(22)11-18(17)28-20)13-2-4-14(5-3-13)15-8-9-26-19(10-15)21(23,24)25/h6-14H,2-5H2,1H3,(H,27,28)/t12-,13-,14-/m0/s1. The molecule has 1 atom stereocenters. The van der Waals surface area contributed by atoms with Crippen molar-refractivity contribution in [3.63, 3.8) is 0 Å². The fraction of sp³-hybridized carbons (Fsp3) is 0.429. The smallest absolute Gasteiger partial charge is 0.342 e. The average Bonchev–Trinajstić information content (AvgIpc) is 3.10. The Morgan fingerprint density at radius 2 is 1.86 bits per heavy atom. The van der Waals surface area contributed by atoms with Gasteiger partial charge >= 0.3 is 6.18 Å². The molecule has 0 spiro atoms. The van der Waals surface area contributed by atoms with Crippen molar-refractivity contribution in [1.29, 1.82) is 0 Å². The average molecular weight is 408 g/mol. The molecule has 0 bridgehead atoms. The first-order valence-corrected chi connectivity index (χ1v) is 9.87. The summed E-state index contributed by atoms with van der Waals surface area (Å²) in [7, 11) is 0. The van der Waals surface area contributed by atoms with Gasteiger partial charge < -0.3 is 4.98 Å². The highest BCUT2D eigenvalue weighted by Gasteiger charge is 2.34. The van der Waals surface area contributed by atoms with E-state index in [0.717, 1.165) is 48.1 Å². The Hall–Kier alpha value is -2.08. The number of aromatic amines is 1. The number of benzene rings is 1. The van der Waals surface area contributed by atoms with Crippen molar-refractivity contribution in [2.24, 2.45) is 5.92 Å². The normalized spacial score (nSPS) is 21.8. The minimum atomic E-state index is -4.40. The Labute approximate surface area is 166 Å². The van der Waals surface area contributed by atoms with Crippen LogP contribution in [0.15, 0.2) is 36.5 Å². The SMILES string of the molecule is C[C@H](c1nc2ccc(Cl)cc2[nH]1)[C@H]1CC[C@H](c2ccnc(C(F)(F)F)c2)CC1. The molecule has 0 saturated heterocycles. The number of alkyl halides is 3. The van der Waals surface area contributed by atoms with Crippen molar-refractivity contribution in [2.75, 3.05) is 0 Å². The molecule has 148 valence electrons. The van der Waals surface area contributed by atoms with E-state index in [1.807, 2.05) is 18.2 Å². The maximum atomic E-state index is 12.9. The highest BCUT2D eigenvalue weighted by molar-refractivity contribution is 6.31. The minimum Gasteiger partial charge on any atom is -0.342 e. The first-order valence-electron chi connectivity index (χ1n) is 9.49. The number of H-pyrrole nitrogens is 1. The number of imidazole rings is 1. The summed E-state index contributed by atoms with van der Waals surface area (Å²) in [6.07, 6.45) is 0.559. The van der Waals surface area contributed by atoms with Crippen molar-refractivity contribution in [2.45, 2.75) is 50.6 Å². The van der Waals surface area contributed by atoms with Gasteiger partial charge in [-0.2, -0.15) is 13.2 Å². The Bertz CT molecular complexity index is 974. The topological polar surface area (TPSA) is 41.6 Å². The second-order valence-corrected chi connectivity index (χ2v) is 8.09. The van der Waals surface area contributed by atoms with Gasteiger partial charge in [-0.25, -0.2) is 4.98 Å². The quantitative estimate of drug-likeness (QED) is 0.524. The monoisotopic (exact) mass is 407 g/mol. The number of aromatic nitrogens is 3. The predicted octanol–water partition coefficient (Wildman–Crippen LogP) is 6.71. The van der Waals surface area contributed by atoms with Crippen LogP contribution in [0.2, 0.25) is 5.02 Å². The zero-order valence-electron chi connectivity index (χ0n) is 15.4. The van der Waals surface area contributed by atoms with Gasteiger partial charge in [0.1, 0.15) is 11.5 Å². The van der Waals surface area contributed by atoms with Crippen LogP contribution < -0.4 is 0 Å². The first-order chi connectivity index (χ1) is 13.3. The summed E-state index contributed by atoms with van der Waals surface area (Å²) in [5.41, 5.74) is 1.77. The summed E-state index contributed by atoms with van der Waals surface area (Å²) >= 11 is 6.05. The summed E-state index contributed by atoms with van der Waals surface area (Å²) in [5, 5.41) is 0.673. The molecule has 1 aliphatic rings. The Morgan fingerprint density at radius 1 is 1.11 bits per heavy atom. The van der Waals surface area contributed by atoms with Gasteiger partial charge in [-0.05, 0) is 73.4 Å². The van der Waals surface area contributed by atoms with Gasteiger partial charge in [-0.3, -0.25) is 4.98 Å². The molecular formula is C21H21ClF3N3. The molecule has 0 radical (unpaired) electrons. The van der Waals surface area contributed by atoms with E-state index < -0.39 is 11.9 Å². The molecule has 7 heteroatoms. The van der Waals surface area contributed by atoms with Crippen LogP contribution in [0.1, 0.15) is 61.5 Å². The van der Waals surface area contributed by atoms with E-state index in [4.69, 9.17) is 16.6 Å². The molecule has 3 nitrogen and oxygen atoms in total. The maximum Gasteiger partial charge on any atom is 0.433 e. The van der Waals surface area contributed by atoms with Gasteiger partial charge in [-0.1, -0.05) is 18.5 Å². The van der Waals surface area contributed by atoms with Crippen LogP contribution in [0.4, 0.5) is 13.2 Å². The van der Waals surface area contributed by atoms with Crippen molar-refractivity contribution >= 4 is 22.6 Å². The van der Waals surface area contributed by atoms with Crippen molar-refractivity contribution < 1.29 is 13.2 Å². The van der Waals surface area contributed by atoms with E-state index in [-0.39, 0.29) is 11.8 Å². The van der Waals surface area contributed by atoms with Crippen molar-refractivity contribution in [3.8, 4) is 0 Å². The lowest BCUT2D eigenvalue weighted by Crippen LogP contribution is -2.19. The molecule has 0 amide bonds. The van der Waals surface area contributed by atoms with Gasteiger partial charge in [0.25, 0.3) is 0 Å². The third kappa shape index (κ3) is 3.88. The first kappa shape index (κ1) is 19.2. The molecule has 1 aromatic carbocycles. The number of hydrogen-bond acceptors (Lipinski definition) is 2. The molecule has 2 heterocycles. The molecule has 1 aliphatic carbocycles. The van der Waals surface area contributed by atoms with E-state index in [1.165, 1.54) is 12.3 Å². The fourth-order valence-electron chi connectivity index (χ4n) is 4.25. The van der Waals surface area contributed by atoms with Crippen LogP contribution in [0.5, 0.6) is 0 Å². The summed E-state index contributed by atoms with van der Waals surface area (Å²) in [4.78, 5) is 11.5. The van der Waals surface area contributed by atoms with E-state index in [1.54, 1.807) is 6.07 Å². The lowest BCUT2D eigenvalue weighted by atomic mass is 9.74. The molecule has 0 aliphatic heterocycles. The molecule has 3 aromatic rings. The lowest BCUT2D eigenvalue weighted by Gasteiger charge is -2.32. The maximum absolute atomic E-state index is 12.9. The van der Waals surface area contributed by atoms with Gasteiger partial charge in [0.2, 0.25) is 0 Å². The van der Waals surface area contributed by atoms with E-state index >= 15 is 0 Å². The summed E-state index contributed by atoms with van der Waals surface area (Å²) < 4.78 is 38.8. The van der Waals surface area contributed by atoms with Crippen molar-refractivity contribution in [1.82, 2.24) is 15.0 Å². The summed E-state index contributed by atoms with van der Waals surface area (Å²) in [6.45, 7) is 2.17. The second-order valence-electron chi connectivity index (χ2n) is 7.66. The number of fused-ring (bicyclic) bond motifs is 1. The third-order valence-corrected chi connectivity index (χ3v) is 6.15. The number of nitrogens with one attached hydrogen (secondary N) is 1. The zero-order valence-corrected chi connectivity index (χ0v) is 16.2. The van der Waals surface area contributed by atoms with Gasteiger partial charge in [0.15, 0.2) is 0 Å². The molecule has 28 heavy (non-hydrogen) atoms. The fourth-order valence-corrected chi connectivity index (χ4v) is 4.42. The number of hydrogen-bond donors (Lipinski definition) is 1. The van der Waals surface area contributed by atoms with E-state index in [2.05, 4.69) is 16.9 Å². The molecule has 1 fully saturated rings. The van der Waals surface area contributed by atoms with Crippen LogP contribution in [-0.2, 0) is 6.18 Å². The molecule has 1 saturated carbocycles. The van der Waals surface area contributed by atoms with Crippen LogP contribution >= 0.6 is 11.6 Å². The molecule has 1 N–H and O–H groups in total. The Kier molecular flexibility index (Phi) is 5.08. The number of halogens is 4. The zero-order chi connectivity index (χ0) is 19.9. The van der Waals surface area contributed by atoms with Crippen LogP contribution in [0, 0.1) is 5.92 Å². The Morgan fingerprint density at radius 3 is 2.57 bits per heavy atom. The summed E-state index contributed by atoms with van der Waals surface area (Å²) in [6, 6.07) is 8.53. The number of rotatable bonds is 3. The third-order valence-electron chi connectivity index (χ3n) is 5.92. The molecular weight excluding hydrogens is 387 g/mol. The second kappa shape index (κ2) is 7.39. The Balaban J connectivity index is 1.44. The van der Waals surface area contributed by atoms with E-state index in [0.29, 0.717) is 10.9 Å². The minimum absolute atomic E-state index is 0.155. The van der Waals surface area contributed by atoms with Crippen LogP contribution in [0.3, 0.4) is 0 Å². The van der Waals surface area contributed by atoms with Gasteiger partial charge in [0, 0.05) is 17.1 Å². The van der Waals surface area contributed by atoms with Crippen LogP contribution in [-0.4, -0.2) is 15.0 Å². The van der Waals surface area contributed by atoms with Crippen molar-refractivity contribution in [3.05, 3.63) is 58.6 Å². The lowest BCUT2D eigenvalue weighted by molar-refractivity contribution is -0.141. The molecule has 0 unspecified atom stereocenters. The molecule has 4 rings (SSSR count). The largest absolute Gasteiger partial charge is 0.433 e. The van der Waals surface area contributed by atoms with E-state index in [9.17, 15) is 13.2 Å². The number of nitrogens with zero attached hydrogens (tertiary/aromatic N) is 2. The summed E-state index contributed by atoms with van der Waals surface area (Å²) in [5.74, 6) is 1.82. The highest BCUT2D eigenvalue weighted by Crippen LogP contribution is 2.42.